The van der Waals surface area contributed by atoms with Crippen LogP contribution in [0.25, 0.3) is 22.8 Å². The molecule has 2 aromatic carbocycles. The number of alkyl halides is 6. The molecule has 182 valence electrons. The fourth-order valence-electron chi connectivity index (χ4n) is 2.95. The van der Waals surface area contributed by atoms with E-state index in [9.17, 15) is 35.9 Å². The van der Waals surface area contributed by atoms with Gasteiger partial charge in [0.05, 0.1) is 11.3 Å². The van der Waals surface area contributed by atoms with E-state index in [1.807, 2.05) is 0 Å². The monoisotopic (exact) mass is 518 g/mol. The van der Waals surface area contributed by atoms with E-state index < -0.39 is 46.9 Å². The van der Waals surface area contributed by atoms with Gasteiger partial charge in [0.25, 0.3) is 5.91 Å². The molecule has 0 radical (unpaired) electrons. The Bertz CT molecular complexity index is 1450. The molecule has 4 rings (SSSR count). The molecule has 8 nitrogen and oxygen atoms in total. The first-order valence-corrected chi connectivity index (χ1v) is 9.63. The first-order chi connectivity index (χ1) is 16.3. The normalized spacial score (nSPS) is 12.1. The van der Waals surface area contributed by atoms with Crippen molar-refractivity contribution in [2.24, 2.45) is 0 Å². The summed E-state index contributed by atoms with van der Waals surface area (Å²) in [5, 5.41) is 5.71. The molecule has 0 aliphatic heterocycles. The zero-order valence-corrected chi connectivity index (χ0v) is 17.5. The van der Waals surface area contributed by atoms with Gasteiger partial charge < -0.3 is 9.73 Å². The maximum atomic E-state index is 13.6. The van der Waals surface area contributed by atoms with Gasteiger partial charge in [0.1, 0.15) is 0 Å². The summed E-state index contributed by atoms with van der Waals surface area (Å²) < 4.78 is 88.1. The molecule has 0 bridgehead atoms. The minimum absolute atomic E-state index is 0.0496. The third-order valence-electron chi connectivity index (χ3n) is 4.48. The van der Waals surface area contributed by atoms with Gasteiger partial charge in [-0.25, -0.2) is 9.78 Å². The Hall–Kier alpha value is -4.07. The lowest BCUT2D eigenvalue weighted by Gasteiger charge is -2.10. The Balaban J connectivity index is 1.73. The van der Waals surface area contributed by atoms with Gasteiger partial charge >= 0.3 is 18.1 Å². The van der Waals surface area contributed by atoms with Gasteiger partial charge in [0.15, 0.2) is 11.5 Å². The van der Waals surface area contributed by atoms with Crippen molar-refractivity contribution >= 4 is 23.2 Å². The van der Waals surface area contributed by atoms with Crippen LogP contribution in [0.4, 0.5) is 32.0 Å². The lowest BCUT2D eigenvalue weighted by atomic mass is 10.1. The van der Waals surface area contributed by atoms with Gasteiger partial charge in [-0.1, -0.05) is 16.8 Å². The van der Waals surface area contributed by atoms with Crippen LogP contribution >= 0.6 is 11.6 Å². The Labute approximate surface area is 194 Å². The fraction of sp³-hybridized carbons (Fsp3) is 0.100. The van der Waals surface area contributed by atoms with Crippen molar-refractivity contribution in [3.63, 3.8) is 0 Å². The number of oxazole rings is 1. The van der Waals surface area contributed by atoms with E-state index in [2.05, 4.69) is 25.0 Å². The maximum Gasteiger partial charge on any atom is 0.452 e. The zero-order valence-electron chi connectivity index (χ0n) is 16.7. The van der Waals surface area contributed by atoms with Crippen LogP contribution in [-0.2, 0) is 12.4 Å². The molecular weight excluding hydrogens is 510 g/mol. The summed E-state index contributed by atoms with van der Waals surface area (Å²) >= 11 is 5.91. The van der Waals surface area contributed by atoms with Crippen LogP contribution in [0, 0.1) is 0 Å². The number of hydrogen-bond acceptors (Lipinski definition) is 6. The number of anilines is 1. The number of nitrogens with zero attached hydrogens (tertiary/aromatic N) is 2. The molecule has 0 aliphatic carbocycles. The highest BCUT2D eigenvalue weighted by atomic mass is 35.5. The molecular formula is C20H9ClF6N4O4. The summed E-state index contributed by atoms with van der Waals surface area (Å²) in [4.78, 5) is 29.8. The number of hydrogen-bond donors (Lipinski definition) is 2. The number of aromatic nitrogens is 3. The third kappa shape index (κ3) is 5.06. The second-order valence-electron chi connectivity index (χ2n) is 6.86. The number of nitrogens with one attached hydrogen (secondary N) is 2. The van der Waals surface area contributed by atoms with Crippen molar-refractivity contribution in [2.75, 3.05) is 5.32 Å². The molecule has 0 spiro atoms. The summed E-state index contributed by atoms with van der Waals surface area (Å²) in [5.74, 6) is -4.96. The Morgan fingerprint density at radius 1 is 1.00 bits per heavy atom. The Kier molecular flexibility index (Phi) is 5.92. The second-order valence-corrected chi connectivity index (χ2v) is 7.29. The standard InChI is InChI=1S/C20H9ClF6N4O4/c21-10-5-6-11(15-30-18(33)35-31-15)12(7-10)28-16(32)13-14(20(25,26)27)34-17(29-13)8-1-3-9(4-2-8)19(22,23)24/h1-7H,(H,28,32)(H,30,31,33). The van der Waals surface area contributed by atoms with Crippen LogP contribution in [0.15, 0.2) is 56.2 Å². The van der Waals surface area contributed by atoms with Crippen molar-refractivity contribution in [3.05, 3.63) is 75.1 Å². The molecule has 15 heteroatoms. The lowest BCUT2D eigenvalue weighted by Crippen LogP contribution is -2.18. The van der Waals surface area contributed by atoms with E-state index in [0.717, 1.165) is 12.1 Å². The molecule has 0 unspecified atom stereocenters. The van der Waals surface area contributed by atoms with Crippen molar-refractivity contribution in [1.82, 2.24) is 15.1 Å². The van der Waals surface area contributed by atoms with Crippen molar-refractivity contribution in [2.45, 2.75) is 12.4 Å². The zero-order chi connectivity index (χ0) is 25.5. The van der Waals surface area contributed by atoms with Crippen LogP contribution in [0.1, 0.15) is 21.8 Å². The van der Waals surface area contributed by atoms with Crippen LogP contribution in [0.5, 0.6) is 0 Å². The molecule has 0 atom stereocenters. The van der Waals surface area contributed by atoms with Crippen molar-refractivity contribution in [1.29, 1.82) is 0 Å². The molecule has 2 heterocycles. The largest absolute Gasteiger partial charge is 0.452 e. The number of benzene rings is 2. The molecule has 0 fully saturated rings. The van der Waals surface area contributed by atoms with Gasteiger partial charge in [-0.05, 0) is 42.5 Å². The van der Waals surface area contributed by atoms with E-state index in [-0.39, 0.29) is 27.7 Å². The predicted molar refractivity (Wildman–Crippen MR) is 107 cm³/mol. The second kappa shape index (κ2) is 8.61. The number of rotatable bonds is 4. The minimum atomic E-state index is -5.17. The Morgan fingerprint density at radius 2 is 1.69 bits per heavy atom. The van der Waals surface area contributed by atoms with Crippen LogP contribution in [0.2, 0.25) is 5.02 Å². The Morgan fingerprint density at radius 3 is 2.26 bits per heavy atom. The molecule has 0 saturated heterocycles. The van der Waals surface area contributed by atoms with Crippen molar-refractivity contribution < 1.29 is 40.1 Å². The predicted octanol–water partition coefficient (Wildman–Crippen LogP) is 5.63. The van der Waals surface area contributed by atoms with Crippen molar-refractivity contribution in [3.8, 4) is 22.8 Å². The summed E-state index contributed by atoms with van der Waals surface area (Å²) in [7, 11) is 0. The molecule has 4 aromatic rings. The summed E-state index contributed by atoms with van der Waals surface area (Å²) in [6.45, 7) is 0. The summed E-state index contributed by atoms with van der Waals surface area (Å²) in [6, 6.07) is 6.81. The van der Waals surface area contributed by atoms with Gasteiger partial charge in [-0.3, -0.25) is 14.3 Å². The van der Waals surface area contributed by atoms with Gasteiger partial charge in [0, 0.05) is 16.1 Å². The first-order valence-electron chi connectivity index (χ1n) is 9.26. The maximum absolute atomic E-state index is 13.6. The first kappa shape index (κ1) is 24.1. The molecule has 2 aromatic heterocycles. The van der Waals surface area contributed by atoms with Gasteiger partial charge in [0.2, 0.25) is 11.7 Å². The van der Waals surface area contributed by atoms with Crippen LogP contribution in [0.3, 0.4) is 0 Å². The number of halogens is 7. The molecule has 1 amide bonds. The molecule has 0 saturated carbocycles. The number of amides is 1. The van der Waals surface area contributed by atoms with E-state index >= 15 is 0 Å². The molecule has 2 N–H and O–H groups in total. The average molecular weight is 519 g/mol. The van der Waals surface area contributed by atoms with E-state index in [1.165, 1.54) is 18.2 Å². The molecule has 35 heavy (non-hydrogen) atoms. The van der Waals surface area contributed by atoms with E-state index in [1.54, 1.807) is 0 Å². The topological polar surface area (TPSA) is 114 Å². The van der Waals surface area contributed by atoms with Gasteiger partial charge in [-0.2, -0.15) is 26.3 Å². The minimum Gasteiger partial charge on any atom is -0.431 e. The number of carbonyl (C=O) groups is 1. The highest BCUT2D eigenvalue weighted by Crippen LogP contribution is 2.37. The number of carbonyl (C=O) groups excluding carboxylic acids is 1. The smallest absolute Gasteiger partial charge is 0.431 e. The number of H-pyrrole nitrogens is 1. The molecule has 0 aliphatic rings. The number of aromatic amines is 1. The van der Waals surface area contributed by atoms with Crippen LogP contribution in [-0.4, -0.2) is 21.0 Å². The quantitative estimate of drug-likeness (QED) is 0.339. The van der Waals surface area contributed by atoms with Gasteiger partial charge in [-0.15, -0.1) is 0 Å². The average Bonchev–Trinajstić information content (AvgIpc) is 3.40. The van der Waals surface area contributed by atoms with Crippen LogP contribution < -0.4 is 11.1 Å². The highest BCUT2D eigenvalue weighted by molar-refractivity contribution is 6.31. The van der Waals surface area contributed by atoms with E-state index in [4.69, 9.17) is 16.0 Å². The lowest BCUT2D eigenvalue weighted by molar-refractivity contribution is -0.153. The summed E-state index contributed by atoms with van der Waals surface area (Å²) in [6.07, 6.45) is -9.83. The van der Waals surface area contributed by atoms with E-state index in [0.29, 0.717) is 12.1 Å². The SMILES string of the molecule is O=C(Nc1cc(Cl)ccc1-c1noc(=O)[nH]1)c1nc(-c2ccc(C(F)(F)F)cc2)oc1C(F)(F)F. The highest BCUT2D eigenvalue weighted by Gasteiger charge is 2.42. The fourth-order valence-corrected chi connectivity index (χ4v) is 3.12. The summed E-state index contributed by atoms with van der Waals surface area (Å²) in [5.41, 5.74) is -2.56. The third-order valence-corrected chi connectivity index (χ3v) is 4.72.